The van der Waals surface area contributed by atoms with Crippen LogP contribution in [0.3, 0.4) is 0 Å². The maximum atomic E-state index is 12.8. The van der Waals surface area contributed by atoms with Gasteiger partial charge in [0.15, 0.2) is 5.82 Å². The Morgan fingerprint density at radius 2 is 2.10 bits per heavy atom. The number of rotatable bonds is 6. The Morgan fingerprint density at radius 1 is 1.29 bits per heavy atom. The summed E-state index contributed by atoms with van der Waals surface area (Å²) in [5.74, 6) is 0.999. The Morgan fingerprint density at radius 3 is 2.84 bits per heavy atom. The van der Waals surface area contributed by atoms with Crippen LogP contribution in [-0.2, 0) is 0 Å². The highest BCUT2D eigenvalue weighted by atomic mass is 19.3. The maximum absolute atomic E-state index is 12.8. The lowest BCUT2D eigenvalue weighted by atomic mass is 9.77. The van der Waals surface area contributed by atoms with Gasteiger partial charge in [-0.15, -0.1) is 5.10 Å². The summed E-state index contributed by atoms with van der Waals surface area (Å²) in [5.41, 5.74) is 3.74. The SMILES string of the molecule is CC1=Nc2ncc(-c3ccn4nc(NC5CC(C)(O)C5)ncc34)cc2[C@@H]1CCC(F)F. The molecule has 0 aromatic carbocycles. The van der Waals surface area contributed by atoms with Crippen molar-refractivity contribution in [1.82, 2.24) is 19.6 Å². The number of nitrogens with one attached hydrogen (secondary N) is 1. The second-order valence-corrected chi connectivity index (χ2v) is 8.80. The summed E-state index contributed by atoms with van der Waals surface area (Å²) in [7, 11) is 0. The highest BCUT2D eigenvalue weighted by Crippen LogP contribution is 2.40. The van der Waals surface area contributed by atoms with Crippen molar-refractivity contribution in [3.8, 4) is 11.1 Å². The second kappa shape index (κ2) is 7.33. The van der Waals surface area contributed by atoms with E-state index in [9.17, 15) is 13.9 Å². The van der Waals surface area contributed by atoms with Crippen LogP contribution in [0.2, 0.25) is 0 Å². The highest BCUT2D eigenvalue weighted by molar-refractivity contribution is 5.96. The summed E-state index contributed by atoms with van der Waals surface area (Å²) in [5, 5.41) is 17.7. The normalized spacial score (nSPS) is 24.9. The van der Waals surface area contributed by atoms with Crippen LogP contribution in [0.1, 0.15) is 51.0 Å². The molecule has 0 amide bonds. The number of hydrogen-bond donors (Lipinski definition) is 2. The first kappa shape index (κ1) is 20.0. The van der Waals surface area contributed by atoms with E-state index < -0.39 is 12.0 Å². The summed E-state index contributed by atoms with van der Waals surface area (Å²) in [4.78, 5) is 13.4. The Kier molecular flexibility index (Phi) is 4.73. The lowest BCUT2D eigenvalue weighted by Crippen LogP contribution is -2.48. The van der Waals surface area contributed by atoms with Gasteiger partial charge in [-0.3, -0.25) is 0 Å². The quantitative estimate of drug-likeness (QED) is 0.612. The molecule has 9 heteroatoms. The van der Waals surface area contributed by atoms with Gasteiger partial charge in [0.05, 0.1) is 17.3 Å². The van der Waals surface area contributed by atoms with Gasteiger partial charge in [0.1, 0.15) is 0 Å². The van der Waals surface area contributed by atoms with Gasteiger partial charge in [0.2, 0.25) is 12.4 Å². The minimum absolute atomic E-state index is 0.128. The van der Waals surface area contributed by atoms with Crippen molar-refractivity contribution >= 4 is 23.0 Å². The minimum Gasteiger partial charge on any atom is -0.390 e. The van der Waals surface area contributed by atoms with Gasteiger partial charge in [0.25, 0.3) is 0 Å². The van der Waals surface area contributed by atoms with Crippen LogP contribution < -0.4 is 5.32 Å². The van der Waals surface area contributed by atoms with Crippen LogP contribution in [0.5, 0.6) is 0 Å². The molecule has 2 aliphatic rings. The van der Waals surface area contributed by atoms with Crippen molar-refractivity contribution < 1.29 is 13.9 Å². The van der Waals surface area contributed by atoms with Crippen molar-refractivity contribution in [2.75, 3.05) is 5.32 Å². The third kappa shape index (κ3) is 3.78. The maximum Gasteiger partial charge on any atom is 0.241 e. The summed E-state index contributed by atoms with van der Waals surface area (Å²) in [6, 6.07) is 4.11. The number of halogens is 2. The summed E-state index contributed by atoms with van der Waals surface area (Å²) < 4.78 is 27.3. The van der Waals surface area contributed by atoms with E-state index in [2.05, 4.69) is 25.4 Å². The van der Waals surface area contributed by atoms with Crippen molar-refractivity contribution in [3.63, 3.8) is 0 Å². The highest BCUT2D eigenvalue weighted by Gasteiger charge is 2.38. The number of aromatic nitrogens is 4. The first-order valence-electron chi connectivity index (χ1n) is 10.5. The lowest BCUT2D eigenvalue weighted by Gasteiger charge is -2.41. The van der Waals surface area contributed by atoms with Crippen molar-refractivity contribution in [2.24, 2.45) is 4.99 Å². The fourth-order valence-corrected chi connectivity index (χ4v) is 4.60. The number of hydrogen-bond acceptors (Lipinski definition) is 6. The zero-order chi connectivity index (χ0) is 21.8. The van der Waals surface area contributed by atoms with Gasteiger partial charge in [0, 0.05) is 53.2 Å². The monoisotopic (exact) mass is 426 g/mol. The molecule has 5 rings (SSSR count). The zero-order valence-corrected chi connectivity index (χ0v) is 17.4. The summed E-state index contributed by atoms with van der Waals surface area (Å²) >= 11 is 0. The molecule has 4 heterocycles. The fraction of sp³-hybridized carbons (Fsp3) is 0.455. The Bertz CT molecular complexity index is 1160. The van der Waals surface area contributed by atoms with Crippen LogP contribution in [0.15, 0.2) is 35.7 Å². The first-order chi connectivity index (χ1) is 14.8. The van der Waals surface area contributed by atoms with Gasteiger partial charge in [-0.1, -0.05) is 0 Å². The molecule has 3 aromatic rings. The largest absolute Gasteiger partial charge is 0.390 e. The molecule has 1 atom stereocenters. The number of fused-ring (bicyclic) bond motifs is 2. The first-order valence-corrected chi connectivity index (χ1v) is 10.5. The summed E-state index contributed by atoms with van der Waals surface area (Å²) in [6.07, 6.45) is 4.57. The van der Waals surface area contributed by atoms with Crippen molar-refractivity contribution in [1.29, 1.82) is 0 Å². The van der Waals surface area contributed by atoms with Gasteiger partial charge < -0.3 is 10.4 Å². The minimum atomic E-state index is -2.32. The van der Waals surface area contributed by atoms with Crippen LogP contribution in [0.25, 0.3) is 16.6 Å². The molecule has 0 spiro atoms. The average molecular weight is 426 g/mol. The standard InChI is InChI=1S/C22H24F2N6O/c1-12-15(3-4-19(23)24)17-7-13(10-25-20(17)27-12)16-5-6-30-18(16)11-26-21(29-30)28-14-8-22(2,31)9-14/h5-7,10-11,14-15,19,31H,3-4,8-9H2,1-2H3,(H,28,29)/t14?,15-,22?/m1/s1. The third-order valence-electron chi connectivity index (χ3n) is 6.16. The average Bonchev–Trinajstić information content (AvgIpc) is 3.24. The predicted molar refractivity (Wildman–Crippen MR) is 114 cm³/mol. The molecule has 1 aliphatic heterocycles. The molecule has 3 aromatic heterocycles. The molecule has 1 saturated carbocycles. The molecular formula is C22H24F2N6O. The molecule has 0 saturated heterocycles. The number of alkyl halides is 2. The summed E-state index contributed by atoms with van der Waals surface area (Å²) in [6.45, 7) is 3.69. The van der Waals surface area contributed by atoms with Gasteiger partial charge >= 0.3 is 0 Å². The van der Waals surface area contributed by atoms with E-state index in [1.807, 2.05) is 32.2 Å². The van der Waals surface area contributed by atoms with E-state index in [0.717, 1.165) is 27.9 Å². The molecule has 1 fully saturated rings. The zero-order valence-electron chi connectivity index (χ0n) is 17.4. The topological polar surface area (TPSA) is 87.7 Å². The van der Waals surface area contributed by atoms with Gasteiger partial charge in [-0.25, -0.2) is 28.3 Å². The van der Waals surface area contributed by atoms with E-state index in [1.54, 1.807) is 16.9 Å². The number of nitrogens with zero attached hydrogens (tertiary/aromatic N) is 5. The lowest BCUT2D eigenvalue weighted by molar-refractivity contribution is -0.0236. The van der Waals surface area contributed by atoms with E-state index in [-0.39, 0.29) is 18.4 Å². The van der Waals surface area contributed by atoms with E-state index in [0.29, 0.717) is 31.0 Å². The fourth-order valence-electron chi connectivity index (χ4n) is 4.60. The molecule has 0 unspecified atom stereocenters. The van der Waals surface area contributed by atoms with Crippen molar-refractivity contribution in [2.45, 2.75) is 63.5 Å². The second-order valence-electron chi connectivity index (χ2n) is 8.80. The molecule has 0 bridgehead atoms. The van der Waals surface area contributed by atoms with E-state index in [4.69, 9.17) is 0 Å². The van der Waals surface area contributed by atoms with E-state index in [1.165, 1.54) is 0 Å². The molecular weight excluding hydrogens is 402 g/mol. The Balaban J connectivity index is 1.40. The molecule has 1 aliphatic carbocycles. The van der Waals surface area contributed by atoms with Crippen LogP contribution in [0.4, 0.5) is 20.5 Å². The van der Waals surface area contributed by atoms with E-state index >= 15 is 0 Å². The number of anilines is 1. The molecule has 31 heavy (non-hydrogen) atoms. The molecule has 2 N–H and O–H groups in total. The number of aliphatic imine (C=N–C) groups is 1. The van der Waals surface area contributed by atoms with Crippen LogP contribution in [0, 0.1) is 0 Å². The van der Waals surface area contributed by atoms with Gasteiger partial charge in [-0.05, 0) is 45.2 Å². The number of pyridine rings is 1. The number of aliphatic hydroxyl groups is 1. The van der Waals surface area contributed by atoms with Crippen LogP contribution >= 0.6 is 0 Å². The molecule has 162 valence electrons. The predicted octanol–water partition coefficient (Wildman–Crippen LogP) is 4.35. The smallest absolute Gasteiger partial charge is 0.241 e. The van der Waals surface area contributed by atoms with Crippen LogP contribution in [-0.4, -0.2) is 48.5 Å². The Labute approximate surface area is 178 Å². The Hall–Kier alpha value is -2.94. The molecule has 0 radical (unpaired) electrons. The third-order valence-corrected chi connectivity index (χ3v) is 6.16. The molecule has 7 nitrogen and oxygen atoms in total. The van der Waals surface area contributed by atoms with Crippen molar-refractivity contribution in [3.05, 3.63) is 36.3 Å². The van der Waals surface area contributed by atoms with Gasteiger partial charge in [-0.2, -0.15) is 0 Å².